The first-order valence-electron chi connectivity index (χ1n) is 11.8. The molecule has 0 aromatic heterocycles. The predicted molar refractivity (Wildman–Crippen MR) is 128 cm³/mol. The Hall–Kier alpha value is -2.62. The third-order valence-electron chi connectivity index (χ3n) is 6.28. The van der Waals surface area contributed by atoms with E-state index in [0.717, 1.165) is 13.0 Å². The zero-order valence-electron chi connectivity index (χ0n) is 19.0. The molecule has 0 spiro atoms. The van der Waals surface area contributed by atoms with E-state index in [-0.39, 0.29) is 11.8 Å². The summed E-state index contributed by atoms with van der Waals surface area (Å²) in [4.78, 5) is 27.1. The molecule has 4 nitrogen and oxygen atoms in total. The van der Waals surface area contributed by atoms with Crippen LogP contribution in [0.4, 0.5) is 5.69 Å². The first kappa shape index (κ1) is 23.1. The van der Waals surface area contributed by atoms with Crippen molar-refractivity contribution >= 4 is 17.5 Å². The van der Waals surface area contributed by atoms with Crippen LogP contribution in [0.25, 0.3) is 0 Å². The minimum absolute atomic E-state index is 0.0436. The first-order valence-corrected chi connectivity index (χ1v) is 11.8. The number of hydrogen-bond donors (Lipinski definition) is 1. The maximum absolute atomic E-state index is 12.7. The number of unbranched alkanes of at least 4 members (excludes halogenated alkanes) is 2. The SMILES string of the molecule is CCCCCc1ccc(C(=O)Nc2ccc(C(=O)N(C)CC3CCCCC3)cc2)cc1. The van der Waals surface area contributed by atoms with E-state index in [9.17, 15) is 9.59 Å². The Bertz CT molecular complexity index is 837. The van der Waals surface area contributed by atoms with Gasteiger partial charge in [-0.2, -0.15) is 0 Å². The normalized spacial score (nSPS) is 14.3. The van der Waals surface area contributed by atoms with E-state index in [2.05, 4.69) is 12.2 Å². The minimum Gasteiger partial charge on any atom is -0.341 e. The Labute approximate surface area is 187 Å². The molecule has 0 unspecified atom stereocenters. The molecule has 1 fully saturated rings. The molecule has 3 rings (SSSR count). The van der Waals surface area contributed by atoms with E-state index in [4.69, 9.17) is 0 Å². The lowest BCUT2D eigenvalue weighted by Crippen LogP contribution is -2.32. The van der Waals surface area contributed by atoms with Gasteiger partial charge in [0.15, 0.2) is 0 Å². The molecule has 1 aliphatic carbocycles. The van der Waals surface area contributed by atoms with Crippen molar-refractivity contribution in [2.45, 2.75) is 64.7 Å². The number of nitrogens with one attached hydrogen (secondary N) is 1. The average molecular weight is 421 g/mol. The maximum Gasteiger partial charge on any atom is 0.255 e. The summed E-state index contributed by atoms with van der Waals surface area (Å²) < 4.78 is 0. The van der Waals surface area contributed by atoms with Crippen LogP contribution in [0.2, 0.25) is 0 Å². The van der Waals surface area contributed by atoms with Gasteiger partial charge in [-0.1, -0.05) is 51.2 Å². The van der Waals surface area contributed by atoms with Gasteiger partial charge in [0.1, 0.15) is 0 Å². The predicted octanol–water partition coefficient (Wildman–Crippen LogP) is 6.32. The van der Waals surface area contributed by atoms with Crippen molar-refractivity contribution in [1.82, 2.24) is 4.90 Å². The molecular formula is C27H36N2O2. The van der Waals surface area contributed by atoms with Crippen molar-refractivity contribution in [3.63, 3.8) is 0 Å². The molecule has 1 aliphatic rings. The van der Waals surface area contributed by atoms with Gasteiger partial charge in [0.25, 0.3) is 11.8 Å². The molecule has 2 amide bonds. The third-order valence-corrected chi connectivity index (χ3v) is 6.28. The van der Waals surface area contributed by atoms with Gasteiger partial charge in [0.2, 0.25) is 0 Å². The number of anilines is 1. The van der Waals surface area contributed by atoms with Crippen LogP contribution in [0.5, 0.6) is 0 Å². The summed E-state index contributed by atoms with van der Waals surface area (Å²) in [6, 6.07) is 15.0. The van der Waals surface area contributed by atoms with Gasteiger partial charge < -0.3 is 10.2 Å². The van der Waals surface area contributed by atoms with Crippen molar-refractivity contribution in [2.75, 3.05) is 18.9 Å². The Morgan fingerprint density at radius 1 is 0.903 bits per heavy atom. The summed E-state index contributed by atoms with van der Waals surface area (Å²) in [6.07, 6.45) is 11.0. The van der Waals surface area contributed by atoms with Crippen molar-refractivity contribution in [3.8, 4) is 0 Å². The van der Waals surface area contributed by atoms with Crippen LogP contribution in [0, 0.1) is 5.92 Å². The molecule has 1 saturated carbocycles. The summed E-state index contributed by atoms with van der Waals surface area (Å²) in [5.41, 5.74) is 3.27. The van der Waals surface area contributed by atoms with E-state index >= 15 is 0 Å². The highest BCUT2D eigenvalue weighted by molar-refractivity contribution is 6.04. The van der Waals surface area contributed by atoms with Gasteiger partial charge in [-0.15, -0.1) is 0 Å². The zero-order chi connectivity index (χ0) is 22.1. The second-order valence-electron chi connectivity index (χ2n) is 8.88. The van der Waals surface area contributed by atoms with Crippen molar-refractivity contribution in [2.24, 2.45) is 5.92 Å². The summed E-state index contributed by atoms with van der Waals surface area (Å²) in [7, 11) is 1.89. The molecule has 2 aromatic rings. The van der Waals surface area contributed by atoms with Gasteiger partial charge in [-0.05, 0) is 73.6 Å². The van der Waals surface area contributed by atoms with Gasteiger partial charge >= 0.3 is 0 Å². The third kappa shape index (κ3) is 6.95. The summed E-state index contributed by atoms with van der Waals surface area (Å²) >= 11 is 0. The Kier molecular flexibility index (Phi) is 8.69. The number of rotatable bonds is 9. The lowest BCUT2D eigenvalue weighted by molar-refractivity contribution is 0.0760. The highest BCUT2D eigenvalue weighted by Crippen LogP contribution is 2.24. The van der Waals surface area contributed by atoms with Crippen LogP contribution in [0.15, 0.2) is 48.5 Å². The number of benzene rings is 2. The van der Waals surface area contributed by atoms with E-state index in [1.807, 2.05) is 36.2 Å². The summed E-state index contributed by atoms with van der Waals surface area (Å²) in [5.74, 6) is 0.537. The highest BCUT2D eigenvalue weighted by atomic mass is 16.2. The smallest absolute Gasteiger partial charge is 0.255 e. The molecule has 0 saturated heterocycles. The number of nitrogens with zero attached hydrogens (tertiary/aromatic N) is 1. The lowest BCUT2D eigenvalue weighted by atomic mass is 9.89. The maximum atomic E-state index is 12.7. The van der Waals surface area contributed by atoms with Crippen LogP contribution in [-0.2, 0) is 6.42 Å². The second kappa shape index (κ2) is 11.7. The molecule has 1 N–H and O–H groups in total. The van der Waals surface area contributed by atoms with Crippen LogP contribution in [-0.4, -0.2) is 30.3 Å². The molecular weight excluding hydrogens is 384 g/mol. The monoisotopic (exact) mass is 420 g/mol. The average Bonchev–Trinajstić information content (AvgIpc) is 2.80. The second-order valence-corrected chi connectivity index (χ2v) is 8.88. The number of hydrogen-bond acceptors (Lipinski definition) is 2. The van der Waals surface area contributed by atoms with E-state index in [0.29, 0.717) is 22.7 Å². The van der Waals surface area contributed by atoms with E-state index in [1.54, 1.807) is 24.3 Å². The fourth-order valence-electron chi connectivity index (χ4n) is 4.36. The molecule has 0 bridgehead atoms. The Balaban J connectivity index is 1.52. The summed E-state index contributed by atoms with van der Waals surface area (Å²) in [5, 5.41) is 2.93. The van der Waals surface area contributed by atoms with Crippen molar-refractivity contribution < 1.29 is 9.59 Å². The molecule has 0 radical (unpaired) electrons. The molecule has 0 aliphatic heterocycles. The van der Waals surface area contributed by atoms with Gasteiger partial charge in [-0.3, -0.25) is 9.59 Å². The number of carbonyl (C=O) groups is 2. The van der Waals surface area contributed by atoms with Crippen LogP contribution in [0.1, 0.15) is 84.6 Å². The topological polar surface area (TPSA) is 49.4 Å². The van der Waals surface area contributed by atoms with Crippen LogP contribution < -0.4 is 5.32 Å². The first-order chi connectivity index (χ1) is 15.1. The van der Waals surface area contributed by atoms with Crippen LogP contribution in [0.3, 0.4) is 0 Å². The van der Waals surface area contributed by atoms with Gasteiger partial charge in [0, 0.05) is 30.4 Å². The molecule has 0 heterocycles. The zero-order valence-corrected chi connectivity index (χ0v) is 19.0. The molecule has 2 aromatic carbocycles. The highest BCUT2D eigenvalue weighted by Gasteiger charge is 2.19. The Morgan fingerprint density at radius 3 is 2.19 bits per heavy atom. The van der Waals surface area contributed by atoms with Crippen molar-refractivity contribution in [3.05, 3.63) is 65.2 Å². The standard InChI is InChI=1S/C27H36N2O2/c1-3-4-6-9-21-12-14-23(15-13-21)26(30)28-25-18-16-24(17-19-25)27(31)29(2)20-22-10-7-5-8-11-22/h12-19,22H,3-11,20H2,1-2H3,(H,28,30). The number of aryl methyl sites for hydroxylation is 1. The van der Waals surface area contributed by atoms with Crippen molar-refractivity contribution in [1.29, 1.82) is 0 Å². The quantitative estimate of drug-likeness (QED) is 0.482. The van der Waals surface area contributed by atoms with Gasteiger partial charge in [0.05, 0.1) is 0 Å². The van der Waals surface area contributed by atoms with E-state index < -0.39 is 0 Å². The van der Waals surface area contributed by atoms with E-state index in [1.165, 1.54) is 56.9 Å². The molecule has 0 atom stereocenters. The molecule has 31 heavy (non-hydrogen) atoms. The number of carbonyl (C=O) groups excluding carboxylic acids is 2. The fraction of sp³-hybridized carbons (Fsp3) is 0.481. The Morgan fingerprint density at radius 2 is 1.55 bits per heavy atom. The number of amides is 2. The fourth-order valence-corrected chi connectivity index (χ4v) is 4.36. The largest absolute Gasteiger partial charge is 0.341 e. The molecule has 166 valence electrons. The lowest BCUT2D eigenvalue weighted by Gasteiger charge is -2.27. The van der Waals surface area contributed by atoms with Crippen LogP contribution >= 0.6 is 0 Å². The summed E-state index contributed by atoms with van der Waals surface area (Å²) in [6.45, 7) is 3.03. The minimum atomic E-state index is -0.131. The van der Waals surface area contributed by atoms with Gasteiger partial charge in [-0.25, -0.2) is 0 Å². The molecule has 4 heteroatoms.